The summed E-state index contributed by atoms with van der Waals surface area (Å²) in [5, 5.41) is 17.9. The molecule has 0 bridgehead atoms. The Bertz CT molecular complexity index is 406. The standard InChI is InChI=1S/C11H18N3O3P/c1-5-14(6-2)11(10(7-12)8-13)9-18(15,16-3)17-4/h5-6,9H2,1-4H3. The van der Waals surface area contributed by atoms with Crippen molar-refractivity contribution in [2.45, 2.75) is 13.8 Å². The van der Waals surface area contributed by atoms with Gasteiger partial charge in [0, 0.05) is 27.3 Å². The van der Waals surface area contributed by atoms with Crippen molar-refractivity contribution in [3.8, 4) is 12.1 Å². The van der Waals surface area contributed by atoms with Crippen LogP contribution in [-0.2, 0) is 13.6 Å². The Morgan fingerprint density at radius 1 is 1.17 bits per heavy atom. The third-order valence-electron chi connectivity index (χ3n) is 2.56. The molecule has 0 aromatic rings. The van der Waals surface area contributed by atoms with Crippen molar-refractivity contribution >= 4 is 7.60 Å². The third kappa shape index (κ3) is 4.16. The summed E-state index contributed by atoms with van der Waals surface area (Å²) in [5.74, 6) is 0. The Morgan fingerprint density at radius 2 is 1.61 bits per heavy atom. The first-order valence-corrected chi connectivity index (χ1v) is 7.23. The van der Waals surface area contributed by atoms with Crippen molar-refractivity contribution in [3.63, 3.8) is 0 Å². The molecule has 0 saturated heterocycles. The van der Waals surface area contributed by atoms with Crippen molar-refractivity contribution in [2.75, 3.05) is 33.5 Å². The van der Waals surface area contributed by atoms with Gasteiger partial charge in [0.1, 0.15) is 17.7 Å². The van der Waals surface area contributed by atoms with E-state index < -0.39 is 7.60 Å². The Morgan fingerprint density at radius 3 is 1.89 bits per heavy atom. The summed E-state index contributed by atoms with van der Waals surface area (Å²) in [5.41, 5.74) is 0.338. The topological polar surface area (TPSA) is 86.3 Å². The highest BCUT2D eigenvalue weighted by atomic mass is 31.2. The molecule has 0 amide bonds. The second kappa shape index (κ2) is 7.89. The maximum Gasteiger partial charge on any atom is 0.336 e. The van der Waals surface area contributed by atoms with E-state index in [1.54, 1.807) is 4.90 Å². The molecule has 0 aliphatic carbocycles. The smallest absolute Gasteiger partial charge is 0.336 e. The molecule has 100 valence electrons. The predicted molar refractivity (Wildman–Crippen MR) is 67.7 cm³/mol. The largest absolute Gasteiger partial charge is 0.373 e. The summed E-state index contributed by atoms with van der Waals surface area (Å²) < 4.78 is 21.8. The van der Waals surface area contributed by atoms with E-state index in [1.807, 2.05) is 26.0 Å². The second-order valence-corrected chi connectivity index (χ2v) is 5.62. The summed E-state index contributed by atoms with van der Waals surface area (Å²) in [4.78, 5) is 1.80. The van der Waals surface area contributed by atoms with Gasteiger partial charge in [-0.1, -0.05) is 0 Å². The van der Waals surface area contributed by atoms with Gasteiger partial charge in [0.05, 0.1) is 11.9 Å². The molecule has 0 spiro atoms. The highest BCUT2D eigenvalue weighted by molar-refractivity contribution is 7.54. The van der Waals surface area contributed by atoms with Crippen molar-refractivity contribution in [1.29, 1.82) is 10.5 Å². The van der Waals surface area contributed by atoms with Gasteiger partial charge < -0.3 is 13.9 Å². The van der Waals surface area contributed by atoms with Crippen LogP contribution in [0.3, 0.4) is 0 Å². The quantitative estimate of drug-likeness (QED) is 0.520. The minimum absolute atomic E-state index is 0.0620. The SMILES string of the molecule is CCN(CC)C(CP(=O)(OC)OC)=C(C#N)C#N. The van der Waals surface area contributed by atoms with Gasteiger partial charge >= 0.3 is 7.60 Å². The molecule has 0 aliphatic rings. The van der Waals surface area contributed by atoms with E-state index >= 15 is 0 Å². The Balaban J connectivity index is 5.54. The van der Waals surface area contributed by atoms with E-state index in [1.165, 1.54) is 14.2 Å². The number of allylic oxidation sites excluding steroid dienone is 2. The van der Waals surface area contributed by atoms with Crippen LogP contribution in [0.1, 0.15) is 13.8 Å². The molecule has 0 aromatic heterocycles. The highest BCUT2D eigenvalue weighted by Crippen LogP contribution is 2.48. The molecule has 0 heterocycles. The predicted octanol–water partition coefficient (Wildman–Crippen LogP) is 2.12. The Hall–Kier alpha value is -1.33. The number of rotatable bonds is 7. The van der Waals surface area contributed by atoms with Gasteiger partial charge in [-0.2, -0.15) is 10.5 Å². The van der Waals surface area contributed by atoms with Crippen LogP contribution in [0.25, 0.3) is 0 Å². The molecule has 0 fully saturated rings. The molecule has 7 heteroatoms. The van der Waals surface area contributed by atoms with Crippen LogP contribution < -0.4 is 0 Å². The fraction of sp³-hybridized carbons (Fsp3) is 0.636. The van der Waals surface area contributed by atoms with Gasteiger partial charge in [-0.05, 0) is 13.8 Å². The number of nitrogens with zero attached hydrogens (tertiary/aromatic N) is 3. The molecule has 0 rings (SSSR count). The van der Waals surface area contributed by atoms with Gasteiger partial charge in [0.25, 0.3) is 0 Å². The van der Waals surface area contributed by atoms with Crippen molar-refractivity contribution in [1.82, 2.24) is 4.90 Å². The van der Waals surface area contributed by atoms with Crippen molar-refractivity contribution < 1.29 is 13.6 Å². The van der Waals surface area contributed by atoms with E-state index in [0.29, 0.717) is 18.8 Å². The van der Waals surface area contributed by atoms with E-state index in [0.717, 1.165) is 0 Å². The highest BCUT2D eigenvalue weighted by Gasteiger charge is 2.27. The summed E-state index contributed by atoms with van der Waals surface area (Å²) in [6.07, 6.45) is -0.0852. The molecule has 0 N–H and O–H groups in total. The van der Waals surface area contributed by atoms with Gasteiger partial charge in [-0.25, -0.2) is 0 Å². The molecule has 18 heavy (non-hydrogen) atoms. The van der Waals surface area contributed by atoms with Crippen molar-refractivity contribution in [2.24, 2.45) is 0 Å². The number of hydrogen-bond donors (Lipinski definition) is 0. The van der Waals surface area contributed by atoms with E-state index in [4.69, 9.17) is 19.6 Å². The lowest BCUT2D eigenvalue weighted by Crippen LogP contribution is -2.26. The number of hydrogen-bond acceptors (Lipinski definition) is 6. The number of nitriles is 2. The second-order valence-electron chi connectivity index (χ2n) is 3.35. The molecule has 0 aliphatic heterocycles. The zero-order chi connectivity index (χ0) is 14.2. The summed E-state index contributed by atoms with van der Waals surface area (Å²) in [6.45, 7) is 4.99. The monoisotopic (exact) mass is 271 g/mol. The van der Waals surface area contributed by atoms with Gasteiger partial charge in [0.2, 0.25) is 0 Å². The molecule has 0 radical (unpaired) electrons. The zero-order valence-corrected chi connectivity index (χ0v) is 12.0. The maximum absolute atomic E-state index is 12.1. The molecule has 0 atom stereocenters. The minimum atomic E-state index is -3.30. The molecule has 6 nitrogen and oxygen atoms in total. The Kier molecular flexibility index (Phi) is 7.31. The molecule has 0 unspecified atom stereocenters. The summed E-state index contributed by atoms with van der Waals surface area (Å²) in [6, 6.07) is 3.63. The lowest BCUT2D eigenvalue weighted by molar-refractivity contribution is 0.273. The van der Waals surface area contributed by atoms with Gasteiger partial charge in [-0.3, -0.25) is 4.57 Å². The van der Waals surface area contributed by atoms with Crippen LogP contribution in [0.2, 0.25) is 0 Å². The first-order valence-electron chi connectivity index (χ1n) is 5.50. The molecular formula is C11H18N3O3P. The lowest BCUT2D eigenvalue weighted by atomic mass is 10.2. The molecule has 0 saturated carbocycles. The summed E-state index contributed by atoms with van der Waals surface area (Å²) in [7, 11) is -0.739. The maximum atomic E-state index is 12.1. The molecule has 0 aromatic carbocycles. The first kappa shape index (κ1) is 16.7. The van der Waals surface area contributed by atoms with Gasteiger partial charge in [-0.15, -0.1) is 0 Å². The van der Waals surface area contributed by atoms with Crippen LogP contribution in [0.4, 0.5) is 0 Å². The van der Waals surface area contributed by atoms with Gasteiger partial charge in [0.15, 0.2) is 0 Å². The Labute approximate surface area is 108 Å². The van der Waals surface area contributed by atoms with Crippen LogP contribution in [0.5, 0.6) is 0 Å². The summed E-state index contributed by atoms with van der Waals surface area (Å²) >= 11 is 0. The van der Waals surface area contributed by atoms with Crippen LogP contribution in [0, 0.1) is 22.7 Å². The van der Waals surface area contributed by atoms with E-state index in [2.05, 4.69) is 0 Å². The molecular weight excluding hydrogens is 253 g/mol. The van der Waals surface area contributed by atoms with Crippen LogP contribution >= 0.6 is 7.60 Å². The van der Waals surface area contributed by atoms with Crippen molar-refractivity contribution in [3.05, 3.63) is 11.3 Å². The van der Waals surface area contributed by atoms with E-state index in [-0.39, 0.29) is 11.7 Å². The fourth-order valence-electron chi connectivity index (χ4n) is 1.48. The average Bonchev–Trinajstić information content (AvgIpc) is 2.41. The average molecular weight is 271 g/mol. The minimum Gasteiger partial charge on any atom is -0.373 e. The normalized spacial score (nSPS) is 10.3. The van der Waals surface area contributed by atoms with E-state index in [9.17, 15) is 4.57 Å². The fourth-order valence-corrected chi connectivity index (χ4v) is 2.62. The van der Waals surface area contributed by atoms with Crippen LogP contribution in [-0.4, -0.2) is 38.4 Å². The lowest BCUT2D eigenvalue weighted by Gasteiger charge is -2.26. The van der Waals surface area contributed by atoms with Crippen LogP contribution in [0.15, 0.2) is 11.3 Å². The first-order chi connectivity index (χ1) is 8.51. The zero-order valence-electron chi connectivity index (χ0n) is 11.1. The third-order valence-corrected chi connectivity index (χ3v) is 4.36.